The molecule has 0 aromatic heterocycles. The average Bonchev–Trinajstić information content (AvgIpc) is 3.71. The van der Waals surface area contributed by atoms with E-state index in [1.54, 1.807) is 0 Å². The fraction of sp³-hybridized carbons (Fsp3) is 0.0455. The number of hydrogen-bond donors (Lipinski definition) is 0. The number of aryl methyl sites for hydroxylation is 2. The summed E-state index contributed by atoms with van der Waals surface area (Å²) in [6.45, 7) is 7.40. The SMILES string of the molecule is Cc1cc2c(-c3ccccc3)ccc(C)c2[cH-]1.[CH3-].[CH3-].[Si]=[Zr].c1ccc(-c2cccc3[cH-]c(-c4cccc5ccccc45)cc23)cc1. The van der Waals surface area contributed by atoms with Gasteiger partial charge in [-0.3, -0.25) is 0 Å². The molecule has 0 N–H and O–H groups in total. The molecule has 0 saturated heterocycles. The van der Waals surface area contributed by atoms with Gasteiger partial charge in [0.2, 0.25) is 0 Å². The van der Waals surface area contributed by atoms with Crippen molar-refractivity contribution >= 4 is 39.2 Å². The Morgan fingerprint density at radius 1 is 0.478 bits per heavy atom. The summed E-state index contributed by atoms with van der Waals surface area (Å²) in [5.41, 5.74) is 10.5. The van der Waals surface area contributed by atoms with E-state index in [1.807, 2.05) is 0 Å². The van der Waals surface area contributed by atoms with E-state index in [2.05, 4.69) is 178 Å². The molecule has 8 rings (SSSR count). The minimum atomic E-state index is 0. The molecule has 0 bridgehead atoms. The van der Waals surface area contributed by atoms with Crippen molar-refractivity contribution < 1.29 is 23.3 Å². The zero-order valence-corrected chi connectivity index (χ0v) is 30.5. The topological polar surface area (TPSA) is 0 Å². The van der Waals surface area contributed by atoms with E-state index in [1.165, 1.54) is 100 Å². The van der Waals surface area contributed by atoms with Gasteiger partial charge in [-0.05, 0) is 21.9 Å². The molecule has 0 unspecified atom stereocenters. The smallest absolute Gasteiger partial charge is 0.0253 e. The van der Waals surface area contributed by atoms with Gasteiger partial charge in [0, 0.05) is 0 Å². The molecule has 0 fully saturated rings. The summed E-state index contributed by atoms with van der Waals surface area (Å²) in [6.07, 6.45) is 0. The van der Waals surface area contributed by atoms with Gasteiger partial charge in [-0.2, -0.15) is 6.07 Å². The van der Waals surface area contributed by atoms with Crippen LogP contribution in [0.4, 0.5) is 0 Å². The Labute approximate surface area is 291 Å². The zero-order chi connectivity index (χ0) is 30.5. The summed E-state index contributed by atoms with van der Waals surface area (Å²) in [5, 5.41) is 7.95. The second kappa shape index (κ2) is 15.9. The number of fused-ring (bicyclic) bond motifs is 3. The van der Waals surface area contributed by atoms with Crippen LogP contribution in [0.2, 0.25) is 0 Å². The summed E-state index contributed by atoms with van der Waals surface area (Å²) in [5.74, 6) is 0. The van der Waals surface area contributed by atoms with Crippen LogP contribution in [-0.2, 0) is 23.3 Å². The Morgan fingerprint density at radius 2 is 1.04 bits per heavy atom. The van der Waals surface area contributed by atoms with Crippen LogP contribution in [0.15, 0.2) is 158 Å². The van der Waals surface area contributed by atoms with Crippen LogP contribution in [0, 0.1) is 28.7 Å². The molecule has 8 aromatic carbocycles. The van der Waals surface area contributed by atoms with Crippen molar-refractivity contribution in [2.75, 3.05) is 0 Å². The van der Waals surface area contributed by atoms with Crippen LogP contribution >= 0.6 is 0 Å². The van der Waals surface area contributed by atoms with Crippen molar-refractivity contribution in [1.82, 2.24) is 0 Å². The molecule has 0 heterocycles. The first kappa shape index (κ1) is 34.8. The van der Waals surface area contributed by atoms with Gasteiger partial charge >= 0.3 is 30.2 Å². The number of rotatable bonds is 3. The second-order valence-electron chi connectivity index (χ2n) is 11.1. The number of benzene rings is 6. The fourth-order valence-corrected chi connectivity index (χ4v) is 6.20. The maximum Gasteiger partial charge on any atom is -0.0253 e. The van der Waals surface area contributed by atoms with Crippen LogP contribution in [0.3, 0.4) is 0 Å². The van der Waals surface area contributed by atoms with E-state index >= 15 is 0 Å². The van der Waals surface area contributed by atoms with Gasteiger partial charge in [-0.1, -0.05) is 152 Å². The molecule has 8 aromatic rings. The first-order valence-corrected chi connectivity index (χ1v) is 19.0. The predicted molar refractivity (Wildman–Crippen MR) is 201 cm³/mol. The third-order valence-corrected chi connectivity index (χ3v) is 8.27. The van der Waals surface area contributed by atoms with Gasteiger partial charge in [0.1, 0.15) is 0 Å². The van der Waals surface area contributed by atoms with Gasteiger partial charge in [0.05, 0.1) is 0 Å². The van der Waals surface area contributed by atoms with Crippen molar-refractivity contribution in [2.45, 2.75) is 13.8 Å². The molecular formula is C44H38SiZr-4. The van der Waals surface area contributed by atoms with Crippen molar-refractivity contribution in [1.29, 1.82) is 0 Å². The summed E-state index contributed by atoms with van der Waals surface area (Å²) < 4.78 is 0. The first-order valence-electron chi connectivity index (χ1n) is 14.9. The van der Waals surface area contributed by atoms with Gasteiger partial charge in [0.25, 0.3) is 0 Å². The maximum atomic E-state index is 3.06. The van der Waals surface area contributed by atoms with Gasteiger partial charge in [-0.25, -0.2) is 0 Å². The quantitative estimate of drug-likeness (QED) is 0.128. The molecule has 0 spiro atoms. The molecule has 0 amide bonds. The summed E-state index contributed by atoms with van der Waals surface area (Å²) in [6, 6.07) is 56.6. The van der Waals surface area contributed by atoms with E-state index in [0.717, 1.165) is 0 Å². The maximum absolute atomic E-state index is 3.06. The third-order valence-electron chi connectivity index (χ3n) is 8.27. The van der Waals surface area contributed by atoms with Crippen molar-refractivity contribution in [3.8, 4) is 33.4 Å². The normalized spacial score (nSPS) is 10.2. The summed E-state index contributed by atoms with van der Waals surface area (Å²) >= 11 is 1.36. The molecule has 46 heavy (non-hydrogen) atoms. The van der Waals surface area contributed by atoms with Crippen LogP contribution in [0.5, 0.6) is 0 Å². The van der Waals surface area contributed by atoms with Crippen LogP contribution in [0.1, 0.15) is 11.1 Å². The van der Waals surface area contributed by atoms with Crippen LogP contribution < -0.4 is 0 Å². The summed E-state index contributed by atoms with van der Waals surface area (Å²) in [7, 11) is 0. The minimum Gasteiger partial charge on any atom is -0.144 e. The Kier molecular flexibility index (Phi) is 12.1. The number of hydrogen-bond acceptors (Lipinski definition) is 0. The molecule has 0 aliphatic carbocycles. The molecular weight excluding hydrogens is 648 g/mol. The molecule has 2 heteroatoms. The Bertz CT molecular complexity index is 2160. The van der Waals surface area contributed by atoms with Crippen molar-refractivity contribution in [3.63, 3.8) is 0 Å². The third kappa shape index (κ3) is 7.15. The van der Waals surface area contributed by atoms with Gasteiger partial charge in [-0.15, -0.1) is 68.6 Å². The van der Waals surface area contributed by atoms with E-state index in [-0.39, 0.29) is 14.9 Å². The van der Waals surface area contributed by atoms with E-state index in [9.17, 15) is 0 Å². The Hall–Kier alpha value is -4.10. The first-order chi connectivity index (χ1) is 21.7. The predicted octanol–water partition coefficient (Wildman–Crippen LogP) is 12.4. The molecule has 2 radical (unpaired) electrons. The van der Waals surface area contributed by atoms with Gasteiger partial charge in [0.15, 0.2) is 0 Å². The van der Waals surface area contributed by atoms with E-state index in [4.69, 9.17) is 0 Å². The molecule has 0 aliphatic heterocycles. The minimum absolute atomic E-state index is 0. The van der Waals surface area contributed by atoms with E-state index < -0.39 is 0 Å². The zero-order valence-electron chi connectivity index (χ0n) is 27.0. The second-order valence-corrected chi connectivity index (χ2v) is 11.1. The van der Waals surface area contributed by atoms with Crippen molar-refractivity contribution in [3.05, 3.63) is 184 Å². The molecule has 0 saturated carbocycles. The van der Waals surface area contributed by atoms with Crippen molar-refractivity contribution in [2.24, 2.45) is 0 Å². The van der Waals surface area contributed by atoms with Crippen LogP contribution in [0.25, 0.3) is 65.7 Å². The van der Waals surface area contributed by atoms with Crippen LogP contribution in [-0.4, -0.2) is 6.88 Å². The standard InChI is InChI=1S/C25H17.C17H15.2CH3.Si.Zr/c1-2-8-18(9-3-1)23-14-7-12-20-16-21(17-25(20)23)24-15-6-11-19-10-4-5-13-22(19)24;1-12-10-16-13(2)8-9-15(17(16)11-12)14-6-4-3-5-7-14;;;;/h1-17H;3-11H,1-2H3;2*1H3;;/q4*-1;;. The molecule has 0 atom stereocenters. The summed E-state index contributed by atoms with van der Waals surface area (Å²) in [4.78, 5) is 0. The average molecular weight is 686 g/mol. The largest absolute Gasteiger partial charge is 0.144 e. The van der Waals surface area contributed by atoms with Gasteiger partial charge < -0.3 is 14.9 Å². The fourth-order valence-electron chi connectivity index (χ4n) is 6.20. The monoisotopic (exact) mass is 684 g/mol. The molecule has 0 aliphatic rings. The molecule has 226 valence electrons. The van der Waals surface area contributed by atoms with E-state index in [0.29, 0.717) is 0 Å². The molecule has 0 nitrogen and oxygen atoms in total. The Morgan fingerprint density at radius 3 is 1.74 bits per heavy atom. The Balaban J connectivity index is 0.000000202.